The third-order valence-corrected chi connectivity index (χ3v) is 3.46. The summed E-state index contributed by atoms with van der Waals surface area (Å²) in [5.41, 5.74) is 5.08. The molecule has 96 valence electrons. The van der Waals surface area contributed by atoms with Crippen molar-refractivity contribution in [2.75, 3.05) is 0 Å². The van der Waals surface area contributed by atoms with Crippen LogP contribution < -0.4 is 11.3 Å². The molecule has 1 heterocycles. The molecule has 3 heteroatoms. The average molecular weight is 252 g/mol. The fourth-order valence-electron chi connectivity index (χ4n) is 2.49. The Balaban J connectivity index is 2.20. The summed E-state index contributed by atoms with van der Waals surface area (Å²) in [6.07, 6.45) is 1.69. The molecular formula is C16H16N2O. The summed E-state index contributed by atoms with van der Waals surface area (Å²) >= 11 is 0. The number of furan rings is 1. The second-order valence-electron chi connectivity index (χ2n) is 4.64. The van der Waals surface area contributed by atoms with Crippen LogP contribution in [0.4, 0.5) is 0 Å². The third-order valence-electron chi connectivity index (χ3n) is 3.46. The molecule has 0 saturated carbocycles. The third kappa shape index (κ3) is 2.03. The predicted octanol–water partition coefficient (Wildman–Crippen LogP) is 3.29. The Kier molecular flexibility index (Phi) is 3.07. The first-order valence-corrected chi connectivity index (χ1v) is 6.29. The summed E-state index contributed by atoms with van der Waals surface area (Å²) in [5.74, 6) is 6.61. The largest absolute Gasteiger partial charge is 0.467 e. The molecule has 1 unspecified atom stereocenters. The van der Waals surface area contributed by atoms with Gasteiger partial charge < -0.3 is 4.42 Å². The average Bonchev–Trinajstić information content (AvgIpc) is 2.86. The molecule has 19 heavy (non-hydrogen) atoms. The predicted molar refractivity (Wildman–Crippen MR) is 76.6 cm³/mol. The maximum atomic E-state index is 5.75. The molecule has 0 fully saturated rings. The molecule has 3 aromatic rings. The van der Waals surface area contributed by atoms with E-state index in [-0.39, 0.29) is 6.04 Å². The van der Waals surface area contributed by atoms with Crippen LogP contribution >= 0.6 is 0 Å². The molecule has 0 aliphatic heterocycles. The number of fused-ring (bicyclic) bond motifs is 1. The number of benzene rings is 2. The van der Waals surface area contributed by atoms with Crippen molar-refractivity contribution >= 4 is 10.8 Å². The molecular weight excluding hydrogens is 236 g/mol. The number of aryl methyl sites for hydroxylation is 1. The van der Waals surface area contributed by atoms with E-state index >= 15 is 0 Å². The molecule has 1 aromatic heterocycles. The van der Waals surface area contributed by atoms with E-state index in [0.29, 0.717) is 0 Å². The molecule has 0 saturated heterocycles. The highest BCUT2D eigenvalue weighted by Gasteiger charge is 2.19. The van der Waals surface area contributed by atoms with Crippen LogP contribution in [0.5, 0.6) is 0 Å². The van der Waals surface area contributed by atoms with Crippen LogP contribution in [0, 0.1) is 6.92 Å². The van der Waals surface area contributed by atoms with E-state index in [0.717, 1.165) is 16.9 Å². The van der Waals surface area contributed by atoms with Crippen molar-refractivity contribution in [1.29, 1.82) is 0 Å². The molecule has 0 amide bonds. The van der Waals surface area contributed by atoms with Crippen LogP contribution in [0.25, 0.3) is 10.8 Å². The minimum Gasteiger partial charge on any atom is -0.467 e. The van der Waals surface area contributed by atoms with E-state index in [1.165, 1.54) is 10.8 Å². The van der Waals surface area contributed by atoms with Gasteiger partial charge in [0.15, 0.2) is 0 Å². The maximum Gasteiger partial charge on any atom is 0.129 e. The van der Waals surface area contributed by atoms with Gasteiger partial charge in [-0.3, -0.25) is 5.84 Å². The highest BCUT2D eigenvalue weighted by Crippen LogP contribution is 2.30. The van der Waals surface area contributed by atoms with E-state index in [4.69, 9.17) is 10.3 Å². The van der Waals surface area contributed by atoms with Crippen molar-refractivity contribution in [1.82, 2.24) is 5.43 Å². The molecule has 3 N–H and O–H groups in total. The summed E-state index contributed by atoms with van der Waals surface area (Å²) < 4.78 is 5.58. The van der Waals surface area contributed by atoms with Gasteiger partial charge in [0.1, 0.15) is 11.8 Å². The first kappa shape index (κ1) is 12.0. The standard InChI is InChI=1S/C16H16N2O/c1-11-9-10-19-16(11)15(18-17)14-8-4-6-12-5-2-3-7-13(12)14/h2-10,15,18H,17H2,1H3. The first-order valence-electron chi connectivity index (χ1n) is 6.29. The molecule has 3 rings (SSSR count). The zero-order valence-electron chi connectivity index (χ0n) is 10.8. The number of hydrogen-bond acceptors (Lipinski definition) is 3. The first-order chi connectivity index (χ1) is 9.31. The second-order valence-corrected chi connectivity index (χ2v) is 4.64. The number of rotatable bonds is 3. The molecule has 3 nitrogen and oxygen atoms in total. The minimum atomic E-state index is -0.138. The van der Waals surface area contributed by atoms with E-state index in [1.807, 2.05) is 31.2 Å². The van der Waals surface area contributed by atoms with Crippen molar-refractivity contribution in [2.24, 2.45) is 5.84 Å². The smallest absolute Gasteiger partial charge is 0.129 e. The van der Waals surface area contributed by atoms with Gasteiger partial charge in [0, 0.05) is 0 Å². The summed E-state index contributed by atoms with van der Waals surface area (Å²) in [5, 5.41) is 2.38. The lowest BCUT2D eigenvalue weighted by molar-refractivity contribution is 0.450. The summed E-state index contributed by atoms with van der Waals surface area (Å²) in [7, 11) is 0. The molecule has 0 aliphatic rings. The van der Waals surface area contributed by atoms with Crippen LogP contribution in [0.3, 0.4) is 0 Å². The molecule has 2 aromatic carbocycles. The number of hydrogen-bond donors (Lipinski definition) is 2. The van der Waals surface area contributed by atoms with Crippen molar-refractivity contribution in [3.8, 4) is 0 Å². The SMILES string of the molecule is Cc1ccoc1C(NN)c1cccc2ccccc12. The summed E-state index contributed by atoms with van der Waals surface area (Å²) in [6.45, 7) is 2.02. The lowest BCUT2D eigenvalue weighted by atomic mass is 9.96. The minimum absolute atomic E-state index is 0.138. The van der Waals surface area contributed by atoms with Gasteiger partial charge in [0.2, 0.25) is 0 Å². The van der Waals surface area contributed by atoms with Gasteiger partial charge in [-0.25, -0.2) is 5.43 Å². The second kappa shape index (κ2) is 4.88. The number of nitrogens with two attached hydrogens (primary N) is 1. The van der Waals surface area contributed by atoms with Gasteiger partial charge in [-0.05, 0) is 34.9 Å². The van der Waals surface area contributed by atoms with Gasteiger partial charge >= 0.3 is 0 Å². The van der Waals surface area contributed by atoms with E-state index in [9.17, 15) is 0 Å². The van der Waals surface area contributed by atoms with Crippen molar-refractivity contribution in [2.45, 2.75) is 13.0 Å². The highest BCUT2D eigenvalue weighted by molar-refractivity contribution is 5.86. The number of nitrogens with one attached hydrogen (secondary N) is 1. The molecule has 1 atom stereocenters. The van der Waals surface area contributed by atoms with E-state index < -0.39 is 0 Å². The van der Waals surface area contributed by atoms with Crippen LogP contribution in [0.1, 0.15) is 22.9 Å². The van der Waals surface area contributed by atoms with Crippen molar-refractivity contribution < 1.29 is 4.42 Å². The van der Waals surface area contributed by atoms with Gasteiger partial charge in [-0.1, -0.05) is 42.5 Å². The van der Waals surface area contributed by atoms with Gasteiger partial charge in [-0.2, -0.15) is 0 Å². The lowest BCUT2D eigenvalue weighted by Gasteiger charge is -2.17. The number of hydrazine groups is 1. The topological polar surface area (TPSA) is 51.2 Å². The van der Waals surface area contributed by atoms with Crippen LogP contribution in [0.15, 0.2) is 59.2 Å². The zero-order chi connectivity index (χ0) is 13.2. The van der Waals surface area contributed by atoms with Crippen molar-refractivity contribution in [3.63, 3.8) is 0 Å². The maximum absolute atomic E-state index is 5.75. The molecule has 0 radical (unpaired) electrons. The van der Waals surface area contributed by atoms with Gasteiger partial charge in [0.25, 0.3) is 0 Å². The Hall–Kier alpha value is -2.10. The normalized spacial score (nSPS) is 12.7. The fraction of sp³-hybridized carbons (Fsp3) is 0.125. The quantitative estimate of drug-likeness (QED) is 0.555. The van der Waals surface area contributed by atoms with Crippen LogP contribution in [0.2, 0.25) is 0 Å². The fourth-order valence-corrected chi connectivity index (χ4v) is 2.49. The van der Waals surface area contributed by atoms with E-state index in [2.05, 4.69) is 29.7 Å². The Morgan fingerprint density at radius 2 is 1.84 bits per heavy atom. The van der Waals surface area contributed by atoms with Gasteiger partial charge in [0.05, 0.1) is 6.26 Å². The Morgan fingerprint density at radius 1 is 1.05 bits per heavy atom. The van der Waals surface area contributed by atoms with Crippen molar-refractivity contribution in [3.05, 3.63) is 71.7 Å². The summed E-state index contributed by atoms with van der Waals surface area (Å²) in [4.78, 5) is 0. The Morgan fingerprint density at radius 3 is 2.58 bits per heavy atom. The highest BCUT2D eigenvalue weighted by atomic mass is 16.3. The summed E-state index contributed by atoms with van der Waals surface area (Å²) in [6, 6.07) is 16.3. The Bertz CT molecular complexity index is 697. The molecule has 0 spiro atoms. The van der Waals surface area contributed by atoms with Gasteiger partial charge in [-0.15, -0.1) is 0 Å². The monoisotopic (exact) mass is 252 g/mol. The van der Waals surface area contributed by atoms with E-state index in [1.54, 1.807) is 6.26 Å². The zero-order valence-corrected chi connectivity index (χ0v) is 10.8. The lowest BCUT2D eigenvalue weighted by Crippen LogP contribution is -2.29. The van der Waals surface area contributed by atoms with Crippen LogP contribution in [-0.4, -0.2) is 0 Å². The molecule has 0 bridgehead atoms. The van der Waals surface area contributed by atoms with Crippen LogP contribution in [-0.2, 0) is 0 Å². The molecule has 0 aliphatic carbocycles. The Labute approximate surface area is 112 Å².